The molecule has 2 aliphatic rings. The Bertz CT molecular complexity index is 619. The van der Waals surface area contributed by atoms with E-state index in [0.717, 1.165) is 6.67 Å². The van der Waals surface area contributed by atoms with Gasteiger partial charge in [-0.1, -0.05) is 60.7 Å². The molecule has 25 heavy (non-hydrogen) atoms. The zero-order valence-electron chi connectivity index (χ0n) is 14.9. The lowest BCUT2D eigenvalue weighted by molar-refractivity contribution is -0.0816. The molecule has 6 atom stereocenters. The van der Waals surface area contributed by atoms with Crippen molar-refractivity contribution >= 4 is 0 Å². The number of benzene rings is 2. The predicted octanol–water partition coefficient (Wildman–Crippen LogP) is 3.78. The van der Waals surface area contributed by atoms with E-state index in [9.17, 15) is 0 Å². The van der Waals surface area contributed by atoms with E-state index in [-0.39, 0.29) is 24.3 Å². The van der Waals surface area contributed by atoms with Crippen molar-refractivity contribution in [3.05, 3.63) is 71.8 Å². The van der Waals surface area contributed by atoms with Crippen LogP contribution < -0.4 is 0 Å². The summed E-state index contributed by atoms with van der Waals surface area (Å²) >= 11 is 0. The third-order valence-electron chi connectivity index (χ3n) is 5.49. The summed E-state index contributed by atoms with van der Waals surface area (Å²) in [4.78, 5) is 4.76. The van der Waals surface area contributed by atoms with E-state index in [4.69, 9.17) is 9.47 Å². The van der Waals surface area contributed by atoms with Crippen LogP contribution in [0.5, 0.6) is 0 Å². The molecule has 4 nitrogen and oxygen atoms in total. The monoisotopic (exact) mass is 338 g/mol. The van der Waals surface area contributed by atoms with Gasteiger partial charge in [0.05, 0.1) is 18.9 Å². The second kappa shape index (κ2) is 7.26. The van der Waals surface area contributed by atoms with Crippen LogP contribution in [-0.2, 0) is 9.47 Å². The molecule has 132 valence electrons. The van der Waals surface area contributed by atoms with E-state index in [2.05, 4.69) is 72.2 Å². The molecule has 0 N–H and O–H groups in total. The van der Waals surface area contributed by atoms with Crippen LogP contribution in [0.1, 0.15) is 37.2 Å². The molecule has 4 rings (SSSR count). The molecule has 0 saturated carbocycles. The van der Waals surface area contributed by atoms with E-state index >= 15 is 0 Å². The first-order chi connectivity index (χ1) is 12.2. The van der Waals surface area contributed by atoms with Crippen LogP contribution in [0.25, 0.3) is 0 Å². The highest BCUT2D eigenvalue weighted by Gasteiger charge is 2.38. The largest absolute Gasteiger partial charge is 0.356 e. The van der Waals surface area contributed by atoms with E-state index in [1.165, 1.54) is 11.1 Å². The molecule has 2 fully saturated rings. The predicted molar refractivity (Wildman–Crippen MR) is 97.7 cm³/mol. The summed E-state index contributed by atoms with van der Waals surface area (Å²) < 4.78 is 12.7. The third-order valence-corrected chi connectivity index (χ3v) is 5.49. The second-order valence-corrected chi connectivity index (χ2v) is 7.05. The first-order valence-electron chi connectivity index (χ1n) is 9.05. The number of hydrogen-bond donors (Lipinski definition) is 0. The second-order valence-electron chi connectivity index (χ2n) is 7.05. The van der Waals surface area contributed by atoms with Gasteiger partial charge in [0.25, 0.3) is 0 Å². The van der Waals surface area contributed by atoms with E-state index in [1.54, 1.807) is 0 Å². The minimum absolute atomic E-state index is 0.0651. The van der Waals surface area contributed by atoms with Gasteiger partial charge in [-0.05, 0) is 25.0 Å². The van der Waals surface area contributed by atoms with Gasteiger partial charge in [0.15, 0.2) is 0 Å². The smallest absolute Gasteiger partial charge is 0.101 e. The molecule has 0 spiro atoms. The fourth-order valence-electron chi connectivity index (χ4n) is 3.86. The number of fused-ring (bicyclic) bond motifs is 2. The van der Waals surface area contributed by atoms with Gasteiger partial charge in [0.1, 0.15) is 13.5 Å². The van der Waals surface area contributed by atoms with Crippen LogP contribution in [0, 0.1) is 0 Å². The summed E-state index contributed by atoms with van der Waals surface area (Å²) in [7, 11) is 0. The van der Waals surface area contributed by atoms with E-state index in [1.807, 2.05) is 12.1 Å². The molecule has 2 aromatic rings. The molecule has 2 aliphatic heterocycles. The zero-order valence-corrected chi connectivity index (χ0v) is 14.9. The summed E-state index contributed by atoms with van der Waals surface area (Å²) in [6.45, 7) is 6.58. The van der Waals surface area contributed by atoms with Crippen molar-refractivity contribution in [1.29, 1.82) is 0 Å². The average Bonchev–Trinajstić information content (AvgIpc) is 2.93. The van der Waals surface area contributed by atoms with E-state index in [0.29, 0.717) is 13.5 Å². The van der Waals surface area contributed by atoms with Gasteiger partial charge < -0.3 is 9.47 Å². The van der Waals surface area contributed by atoms with Crippen LogP contribution in [0.15, 0.2) is 60.7 Å². The van der Waals surface area contributed by atoms with E-state index < -0.39 is 0 Å². The van der Waals surface area contributed by atoms with Crippen LogP contribution in [-0.4, -0.2) is 42.0 Å². The highest BCUT2D eigenvalue weighted by Crippen LogP contribution is 2.34. The van der Waals surface area contributed by atoms with Crippen molar-refractivity contribution in [2.75, 3.05) is 20.1 Å². The van der Waals surface area contributed by atoms with Crippen LogP contribution in [0.4, 0.5) is 0 Å². The van der Waals surface area contributed by atoms with Gasteiger partial charge in [-0.15, -0.1) is 0 Å². The quantitative estimate of drug-likeness (QED) is 0.832. The summed E-state index contributed by atoms with van der Waals surface area (Å²) in [5.41, 5.74) is 2.46. The van der Waals surface area contributed by atoms with Gasteiger partial charge in [-0.3, -0.25) is 9.80 Å². The fourth-order valence-corrected chi connectivity index (χ4v) is 3.86. The summed E-state index contributed by atoms with van der Waals surface area (Å²) in [5.74, 6) is 0. The lowest BCUT2D eigenvalue weighted by Crippen LogP contribution is -2.42. The topological polar surface area (TPSA) is 24.9 Å². The standard InChI is InChI=1S/C21H26N2O2/c1-16-20(18-9-5-3-6-10-18)24-15-23-13-22(16)14-25-21(17(23)2)19-11-7-4-8-12-19/h3-12,16-17,20-21H,13-15H2,1-2H3/t16-,17-,20-,21-/m0/s1. The molecule has 0 aromatic heterocycles. The lowest BCUT2D eigenvalue weighted by Gasteiger charge is -2.32. The Morgan fingerprint density at radius 3 is 1.48 bits per heavy atom. The zero-order chi connectivity index (χ0) is 17.2. The van der Waals surface area contributed by atoms with Gasteiger partial charge in [-0.2, -0.15) is 0 Å². The van der Waals surface area contributed by atoms with Gasteiger partial charge in [0, 0.05) is 12.1 Å². The van der Waals surface area contributed by atoms with Crippen molar-refractivity contribution < 1.29 is 9.47 Å². The maximum atomic E-state index is 6.35. The van der Waals surface area contributed by atoms with Crippen LogP contribution in [0.2, 0.25) is 0 Å². The SMILES string of the molecule is C[C@H]1[C@@H](c2ccccc2)OCN2CN1CO[C@H](c1ccccc1)[C@@H]2C. The Labute approximate surface area is 150 Å². The van der Waals surface area contributed by atoms with Crippen LogP contribution in [0.3, 0.4) is 0 Å². The first kappa shape index (κ1) is 16.7. The Kier molecular flexibility index (Phi) is 4.86. The average molecular weight is 338 g/mol. The Morgan fingerprint density at radius 1 is 0.680 bits per heavy atom. The molecular weight excluding hydrogens is 312 g/mol. The summed E-state index contributed by atoms with van der Waals surface area (Å²) in [5, 5.41) is 0. The molecule has 0 amide bonds. The minimum atomic E-state index is 0.0651. The van der Waals surface area contributed by atoms with Crippen molar-refractivity contribution in [1.82, 2.24) is 9.80 Å². The maximum Gasteiger partial charge on any atom is 0.101 e. The maximum absolute atomic E-state index is 6.35. The Balaban J connectivity index is 1.58. The molecule has 0 aliphatic carbocycles. The lowest BCUT2D eigenvalue weighted by atomic mass is 10.0. The highest BCUT2D eigenvalue weighted by molar-refractivity contribution is 5.21. The number of rotatable bonds is 2. The first-order valence-corrected chi connectivity index (χ1v) is 9.05. The van der Waals surface area contributed by atoms with Crippen molar-refractivity contribution in [2.45, 2.75) is 38.1 Å². The normalized spacial score (nSPS) is 35.6. The molecule has 2 bridgehead atoms. The molecule has 4 heteroatoms. The third kappa shape index (κ3) is 3.35. The Hall–Kier alpha value is -1.72. The molecule has 2 saturated heterocycles. The van der Waals surface area contributed by atoms with Gasteiger partial charge >= 0.3 is 0 Å². The molecule has 2 unspecified atom stereocenters. The highest BCUT2D eigenvalue weighted by atomic mass is 16.5. The number of ether oxygens (including phenoxy) is 2. The molecular formula is C21H26N2O2. The fraction of sp³-hybridized carbons (Fsp3) is 0.429. The summed E-state index contributed by atoms with van der Waals surface area (Å²) in [6.07, 6.45) is 0.130. The minimum Gasteiger partial charge on any atom is -0.356 e. The van der Waals surface area contributed by atoms with Crippen molar-refractivity contribution in [3.8, 4) is 0 Å². The van der Waals surface area contributed by atoms with Crippen molar-refractivity contribution in [3.63, 3.8) is 0 Å². The van der Waals surface area contributed by atoms with Crippen molar-refractivity contribution in [2.24, 2.45) is 0 Å². The number of hydrogen-bond acceptors (Lipinski definition) is 4. The molecule has 0 radical (unpaired) electrons. The number of nitrogens with zero attached hydrogens (tertiary/aromatic N) is 2. The Morgan fingerprint density at radius 2 is 1.08 bits per heavy atom. The van der Waals surface area contributed by atoms with Gasteiger partial charge in [0.2, 0.25) is 0 Å². The van der Waals surface area contributed by atoms with Crippen LogP contribution >= 0.6 is 0 Å². The van der Waals surface area contributed by atoms with Gasteiger partial charge in [-0.25, -0.2) is 0 Å². The summed E-state index contributed by atoms with van der Waals surface area (Å²) in [6, 6.07) is 21.5. The molecule has 2 aromatic carbocycles. The molecule has 2 heterocycles.